The quantitative estimate of drug-likeness (QED) is 0.432. The highest BCUT2D eigenvalue weighted by Crippen LogP contribution is 2.44. The van der Waals surface area contributed by atoms with Crippen molar-refractivity contribution in [2.45, 2.75) is 53.4 Å². The zero-order chi connectivity index (χ0) is 23.6. The molecular weight excluding hydrogens is 428 g/mol. The molecule has 1 aliphatic rings. The molecule has 0 saturated carbocycles. The number of thiophene rings is 1. The van der Waals surface area contributed by atoms with Gasteiger partial charge in [0.05, 0.1) is 5.56 Å². The SMILES string of the molecule is CCc1ccccc1NC(=O)c1c(NC(=O)c2ccccc2)sc2c1CCC(C(C)(C)C)C2. The summed E-state index contributed by atoms with van der Waals surface area (Å²) in [5.74, 6) is 0.216. The van der Waals surface area contributed by atoms with Gasteiger partial charge in [0.2, 0.25) is 0 Å². The zero-order valence-corrected chi connectivity index (χ0v) is 20.6. The Morgan fingerprint density at radius 1 is 0.970 bits per heavy atom. The van der Waals surface area contributed by atoms with Crippen molar-refractivity contribution in [2.24, 2.45) is 11.3 Å². The highest BCUT2D eigenvalue weighted by Gasteiger charge is 2.34. The molecule has 2 N–H and O–H groups in total. The van der Waals surface area contributed by atoms with E-state index in [2.05, 4.69) is 38.3 Å². The molecule has 1 unspecified atom stereocenters. The van der Waals surface area contributed by atoms with Crippen LogP contribution in [-0.4, -0.2) is 11.8 Å². The van der Waals surface area contributed by atoms with Crippen molar-refractivity contribution >= 4 is 33.8 Å². The van der Waals surface area contributed by atoms with Crippen LogP contribution in [0, 0.1) is 11.3 Å². The van der Waals surface area contributed by atoms with Crippen molar-refractivity contribution in [3.8, 4) is 0 Å². The minimum absolute atomic E-state index is 0.147. The average Bonchev–Trinajstić information content (AvgIpc) is 3.16. The lowest BCUT2D eigenvalue weighted by atomic mass is 9.72. The fourth-order valence-corrected chi connectivity index (χ4v) is 5.87. The highest BCUT2D eigenvalue weighted by molar-refractivity contribution is 7.17. The Hall–Kier alpha value is -2.92. The third-order valence-corrected chi connectivity index (χ3v) is 7.80. The van der Waals surface area contributed by atoms with Crippen molar-refractivity contribution in [2.75, 3.05) is 10.6 Å². The van der Waals surface area contributed by atoms with Crippen LogP contribution in [0.1, 0.15) is 70.8 Å². The van der Waals surface area contributed by atoms with Crippen LogP contribution in [0.3, 0.4) is 0 Å². The molecule has 0 fully saturated rings. The van der Waals surface area contributed by atoms with Crippen molar-refractivity contribution in [1.82, 2.24) is 0 Å². The van der Waals surface area contributed by atoms with E-state index in [1.807, 2.05) is 42.5 Å². The van der Waals surface area contributed by atoms with Gasteiger partial charge in [0.1, 0.15) is 5.00 Å². The van der Waals surface area contributed by atoms with Crippen LogP contribution in [0.5, 0.6) is 0 Å². The minimum atomic E-state index is -0.190. The van der Waals surface area contributed by atoms with Gasteiger partial charge in [-0.2, -0.15) is 0 Å². The second kappa shape index (κ2) is 9.52. The molecule has 1 aromatic heterocycles. The summed E-state index contributed by atoms with van der Waals surface area (Å²) < 4.78 is 0. The first-order valence-corrected chi connectivity index (χ1v) is 12.5. The number of amides is 2. The maximum atomic E-state index is 13.6. The molecule has 33 heavy (non-hydrogen) atoms. The number of fused-ring (bicyclic) bond motifs is 1. The van der Waals surface area contributed by atoms with Gasteiger partial charge in [-0.1, -0.05) is 64.1 Å². The Morgan fingerprint density at radius 2 is 1.67 bits per heavy atom. The maximum absolute atomic E-state index is 13.6. The summed E-state index contributed by atoms with van der Waals surface area (Å²) in [6.45, 7) is 8.92. The molecular formula is C28H32N2O2S. The first kappa shape index (κ1) is 23.2. The molecule has 1 atom stereocenters. The Labute approximate surface area is 200 Å². The van der Waals surface area contributed by atoms with Gasteiger partial charge < -0.3 is 10.6 Å². The van der Waals surface area contributed by atoms with Gasteiger partial charge in [0.15, 0.2) is 0 Å². The Bertz CT molecular complexity index is 1160. The Morgan fingerprint density at radius 3 is 2.36 bits per heavy atom. The van der Waals surface area contributed by atoms with E-state index in [0.717, 1.165) is 42.5 Å². The van der Waals surface area contributed by atoms with Gasteiger partial charge in [-0.25, -0.2) is 0 Å². The Balaban J connectivity index is 1.70. The molecule has 5 heteroatoms. The summed E-state index contributed by atoms with van der Waals surface area (Å²) >= 11 is 1.56. The number of benzene rings is 2. The minimum Gasteiger partial charge on any atom is -0.322 e. The number of para-hydroxylation sites is 1. The second-order valence-electron chi connectivity index (χ2n) is 9.80. The van der Waals surface area contributed by atoms with E-state index in [0.29, 0.717) is 22.0 Å². The van der Waals surface area contributed by atoms with E-state index in [-0.39, 0.29) is 17.2 Å². The maximum Gasteiger partial charge on any atom is 0.258 e. The molecule has 0 aliphatic heterocycles. The van der Waals surface area contributed by atoms with Crippen molar-refractivity contribution in [1.29, 1.82) is 0 Å². The van der Waals surface area contributed by atoms with Gasteiger partial charge >= 0.3 is 0 Å². The molecule has 1 heterocycles. The summed E-state index contributed by atoms with van der Waals surface area (Å²) in [4.78, 5) is 27.7. The highest BCUT2D eigenvalue weighted by atomic mass is 32.1. The molecule has 2 aromatic carbocycles. The summed E-state index contributed by atoms with van der Waals surface area (Å²) in [5, 5.41) is 6.82. The predicted octanol–water partition coefficient (Wildman–Crippen LogP) is 6.97. The topological polar surface area (TPSA) is 58.2 Å². The first-order valence-electron chi connectivity index (χ1n) is 11.7. The molecule has 4 nitrogen and oxygen atoms in total. The smallest absolute Gasteiger partial charge is 0.258 e. The lowest BCUT2D eigenvalue weighted by molar-refractivity contribution is 0.102. The van der Waals surface area contributed by atoms with Crippen LogP contribution in [0.2, 0.25) is 0 Å². The van der Waals surface area contributed by atoms with Crippen LogP contribution in [0.15, 0.2) is 54.6 Å². The van der Waals surface area contributed by atoms with E-state index in [4.69, 9.17) is 0 Å². The fraction of sp³-hybridized carbons (Fsp3) is 0.357. The van der Waals surface area contributed by atoms with Gasteiger partial charge in [0, 0.05) is 16.1 Å². The van der Waals surface area contributed by atoms with Crippen molar-refractivity contribution < 1.29 is 9.59 Å². The van der Waals surface area contributed by atoms with Crippen LogP contribution in [-0.2, 0) is 19.3 Å². The van der Waals surface area contributed by atoms with Crippen LogP contribution in [0.4, 0.5) is 10.7 Å². The molecule has 1 aliphatic carbocycles. The van der Waals surface area contributed by atoms with Gasteiger partial charge in [0.25, 0.3) is 11.8 Å². The summed E-state index contributed by atoms with van der Waals surface area (Å²) in [5.41, 5.74) is 4.43. The number of hydrogen-bond donors (Lipinski definition) is 2. The number of nitrogens with one attached hydrogen (secondary N) is 2. The molecule has 4 rings (SSSR count). The van der Waals surface area contributed by atoms with Gasteiger partial charge in [-0.3, -0.25) is 9.59 Å². The van der Waals surface area contributed by atoms with Gasteiger partial charge in [-0.15, -0.1) is 11.3 Å². The number of anilines is 2. The molecule has 0 bridgehead atoms. The molecule has 172 valence electrons. The summed E-state index contributed by atoms with van der Waals surface area (Å²) in [7, 11) is 0. The third kappa shape index (κ3) is 5.03. The van der Waals surface area contributed by atoms with Crippen molar-refractivity contribution in [3.05, 3.63) is 81.7 Å². The van der Waals surface area contributed by atoms with E-state index in [1.165, 1.54) is 4.88 Å². The van der Waals surface area contributed by atoms with E-state index < -0.39 is 0 Å². The molecule has 0 radical (unpaired) electrons. The molecule has 0 saturated heterocycles. The number of rotatable bonds is 5. The van der Waals surface area contributed by atoms with Crippen LogP contribution in [0.25, 0.3) is 0 Å². The van der Waals surface area contributed by atoms with Crippen LogP contribution < -0.4 is 10.6 Å². The summed E-state index contributed by atoms with van der Waals surface area (Å²) in [6, 6.07) is 17.0. The van der Waals surface area contributed by atoms with E-state index in [1.54, 1.807) is 23.5 Å². The zero-order valence-electron chi connectivity index (χ0n) is 19.8. The van der Waals surface area contributed by atoms with E-state index in [9.17, 15) is 9.59 Å². The fourth-order valence-electron chi connectivity index (χ4n) is 4.55. The molecule has 3 aromatic rings. The number of aryl methyl sites for hydroxylation is 1. The lowest BCUT2D eigenvalue weighted by Crippen LogP contribution is -2.27. The normalized spacial score (nSPS) is 15.6. The molecule has 0 spiro atoms. The third-order valence-electron chi connectivity index (χ3n) is 6.63. The number of carbonyl (C=O) groups excluding carboxylic acids is 2. The van der Waals surface area contributed by atoms with Crippen molar-refractivity contribution in [3.63, 3.8) is 0 Å². The van der Waals surface area contributed by atoms with Gasteiger partial charge in [-0.05, 0) is 66.3 Å². The first-order chi connectivity index (χ1) is 15.8. The second-order valence-corrected chi connectivity index (χ2v) is 10.9. The monoisotopic (exact) mass is 460 g/mol. The Kier molecular flexibility index (Phi) is 6.71. The number of hydrogen-bond acceptors (Lipinski definition) is 3. The lowest BCUT2D eigenvalue weighted by Gasteiger charge is -2.33. The predicted molar refractivity (Wildman–Crippen MR) is 137 cm³/mol. The largest absolute Gasteiger partial charge is 0.322 e. The van der Waals surface area contributed by atoms with E-state index >= 15 is 0 Å². The average molecular weight is 461 g/mol. The standard InChI is InChI=1S/C28H32N2O2S/c1-5-18-11-9-10-14-22(18)29-26(32)24-21-16-15-20(28(2,3)4)17-23(21)33-27(24)30-25(31)19-12-7-6-8-13-19/h6-14,20H,5,15-17H2,1-4H3,(H,29,32)(H,30,31). The van der Waals surface area contributed by atoms with Crippen LogP contribution >= 0.6 is 11.3 Å². The molecule has 2 amide bonds. The summed E-state index contributed by atoms with van der Waals surface area (Å²) in [6.07, 6.45) is 3.68. The number of carbonyl (C=O) groups is 2.